The number of rotatable bonds is 7. The number of urea groups is 1. The van der Waals surface area contributed by atoms with Crippen LogP contribution in [0.4, 0.5) is 4.79 Å². The van der Waals surface area contributed by atoms with Gasteiger partial charge in [0.2, 0.25) is 0 Å². The van der Waals surface area contributed by atoms with Crippen LogP contribution in [0.15, 0.2) is 0 Å². The number of carbonyl (C=O) groups is 2. The lowest BCUT2D eigenvalue weighted by Crippen LogP contribution is -2.48. The van der Waals surface area contributed by atoms with Crippen molar-refractivity contribution in [1.29, 1.82) is 0 Å². The Kier molecular flexibility index (Phi) is 6.98. The molecule has 0 aliphatic heterocycles. The third kappa shape index (κ3) is 7.06. The van der Waals surface area contributed by atoms with Crippen LogP contribution in [0.25, 0.3) is 0 Å². The minimum absolute atomic E-state index is 0.00528. The van der Waals surface area contributed by atoms with Gasteiger partial charge in [0.1, 0.15) is 6.04 Å². The molecule has 0 aliphatic carbocycles. The summed E-state index contributed by atoms with van der Waals surface area (Å²) in [5, 5.41) is 22.3. The first-order valence-corrected chi connectivity index (χ1v) is 6.48. The van der Waals surface area contributed by atoms with Gasteiger partial charge in [-0.25, -0.2) is 9.59 Å². The van der Waals surface area contributed by atoms with E-state index in [0.717, 1.165) is 0 Å². The maximum atomic E-state index is 11.4. The van der Waals surface area contributed by atoms with Crippen LogP contribution in [0.1, 0.15) is 20.3 Å². The summed E-state index contributed by atoms with van der Waals surface area (Å²) in [6, 6.07) is -1.59. The predicted molar refractivity (Wildman–Crippen MR) is 67.3 cm³/mol. The van der Waals surface area contributed by atoms with E-state index in [0.29, 0.717) is 6.54 Å². The van der Waals surface area contributed by atoms with Crippen LogP contribution in [0, 0.1) is 0 Å². The molecular formula is C10H20N2O4S. The second-order valence-corrected chi connectivity index (χ2v) is 5.71. The van der Waals surface area contributed by atoms with Crippen LogP contribution in [0.5, 0.6) is 0 Å². The molecule has 0 aliphatic rings. The molecule has 0 spiro atoms. The predicted octanol–water partition coefficient (Wildman–Crippen LogP) is 0.263. The first-order valence-electron chi connectivity index (χ1n) is 5.25. The molecule has 0 saturated carbocycles. The number of thioether (sulfide) groups is 1. The van der Waals surface area contributed by atoms with E-state index in [1.807, 2.05) is 20.1 Å². The van der Waals surface area contributed by atoms with Gasteiger partial charge in [-0.3, -0.25) is 0 Å². The Labute approximate surface area is 105 Å². The first-order chi connectivity index (χ1) is 7.82. The van der Waals surface area contributed by atoms with Gasteiger partial charge in [-0.1, -0.05) is 0 Å². The summed E-state index contributed by atoms with van der Waals surface area (Å²) in [6.45, 7) is 4.10. The molecule has 0 radical (unpaired) electrons. The fraction of sp³-hybridized carbons (Fsp3) is 0.800. The number of carboxylic acids is 1. The van der Waals surface area contributed by atoms with Crippen molar-refractivity contribution in [2.24, 2.45) is 0 Å². The van der Waals surface area contributed by atoms with E-state index in [1.54, 1.807) is 11.8 Å². The highest BCUT2D eigenvalue weighted by Crippen LogP contribution is 2.19. The van der Waals surface area contributed by atoms with Gasteiger partial charge < -0.3 is 20.8 Å². The van der Waals surface area contributed by atoms with E-state index in [1.165, 1.54) is 0 Å². The number of aliphatic carboxylic acids is 1. The van der Waals surface area contributed by atoms with Gasteiger partial charge in [-0.2, -0.15) is 11.8 Å². The summed E-state index contributed by atoms with van der Waals surface area (Å²) in [6.07, 6.45) is 1.93. The van der Waals surface area contributed by atoms with Crippen LogP contribution in [0.2, 0.25) is 0 Å². The Bertz CT molecular complexity index is 271. The van der Waals surface area contributed by atoms with Crippen LogP contribution in [-0.2, 0) is 4.79 Å². The second-order valence-electron chi connectivity index (χ2n) is 4.19. The molecule has 0 aromatic heterocycles. The average Bonchev–Trinajstić information content (AvgIpc) is 2.26. The van der Waals surface area contributed by atoms with Crippen molar-refractivity contribution in [1.82, 2.24) is 10.6 Å². The van der Waals surface area contributed by atoms with Gasteiger partial charge in [0, 0.05) is 24.3 Å². The SMILES string of the molecule is CSC(C)(C)CNC(=O)N[C@@H](CCO)C(=O)O. The van der Waals surface area contributed by atoms with Crippen LogP contribution in [0.3, 0.4) is 0 Å². The van der Waals surface area contributed by atoms with E-state index in [2.05, 4.69) is 10.6 Å². The summed E-state index contributed by atoms with van der Waals surface area (Å²) in [5.41, 5.74) is 0. The summed E-state index contributed by atoms with van der Waals surface area (Å²) < 4.78 is -0.104. The molecule has 100 valence electrons. The van der Waals surface area contributed by atoms with Crippen molar-refractivity contribution < 1.29 is 19.8 Å². The molecule has 1 atom stereocenters. The number of hydrogen-bond donors (Lipinski definition) is 4. The molecule has 6 nitrogen and oxygen atoms in total. The van der Waals surface area contributed by atoms with Gasteiger partial charge in [-0.05, 0) is 20.1 Å². The van der Waals surface area contributed by atoms with Crippen molar-refractivity contribution in [3.05, 3.63) is 0 Å². The maximum absolute atomic E-state index is 11.4. The van der Waals surface area contributed by atoms with Gasteiger partial charge in [0.25, 0.3) is 0 Å². The molecule has 4 N–H and O–H groups in total. The van der Waals surface area contributed by atoms with Crippen molar-refractivity contribution in [3.63, 3.8) is 0 Å². The fourth-order valence-corrected chi connectivity index (χ4v) is 1.18. The van der Waals surface area contributed by atoms with E-state index < -0.39 is 18.0 Å². The smallest absolute Gasteiger partial charge is 0.326 e. The first kappa shape index (κ1) is 16.1. The molecule has 0 aromatic carbocycles. The number of carboxylic acid groups (broad SMARTS) is 1. The Morgan fingerprint density at radius 2 is 2.00 bits per heavy atom. The Hall–Kier alpha value is -0.950. The molecule has 0 rings (SSSR count). The third-order valence-corrected chi connectivity index (χ3v) is 3.50. The van der Waals surface area contributed by atoms with E-state index in [-0.39, 0.29) is 17.8 Å². The summed E-state index contributed by atoms with van der Waals surface area (Å²) in [7, 11) is 0. The molecule has 0 saturated heterocycles. The summed E-state index contributed by atoms with van der Waals surface area (Å²) >= 11 is 1.61. The van der Waals surface area contributed by atoms with Crippen molar-refractivity contribution in [2.75, 3.05) is 19.4 Å². The highest BCUT2D eigenvalue weighted by molar-refractivity contribution is 7.99. The molecular weight excluding hydrogens is 244 g/mol. The Balaban J connectivity index is 4.11. The lowest BCUT2D eigenvalue weighted by Gasteiger charge is -2.23. The number of nitrogens with one attached hydrogen (secondary N) is 2. The van der Waals surface area contributed by atoms with Crippen molar-refractivity contribution in [3.8, 4) is 0 Å². The zero-order valence-electron chi connectivity index (χ0n) is 10.3. The normalized spacial score (nSPS) is 12.9. The molecule has 2 amide bonds. The maximum Gasteiger partial charge on any atom is 0.326 e. The van der Waals surface area contributed by atoms with Crippen LogP contribution >= 0.6 is 11.8 Å². The monoisotopic (exact) mass is 264 g/mol. The zero-order valence-corrected chi connectivity index (χ0v) is 11.1. The zero-order chi connectivity index (χ0) is 13.5. The largest absolute Gasteiger partial charge is 0.480 e. The van der Waals surface area contributed by atoms with Crippen LogP contribution < -0.4 is 10.6 Å². The number of carbonyl (C=O) groups excluding carboxylic acids is 1. The third-order valence-electron chi connectivity index (χ3n) is 2.25. The molecule has 0 fully saturated rings. The van der Waals surface area contributed by atoms with E-state index in [4.69, 9.17) is 10.2 Å². The molecule has 17 heavy (non-hydrogen) atoms. The number of aliphatic hydroxyl groups excluding tert-OH is 1. The quantitative estimate of drug-likeness (QED) is 0.529. The fourth-order valence-electron chi connectivity index (χ4n) is 0.961. The topological polar surface area (TPSA) is 98.7 Å². The van der Waals surface area contributed by atoms with Gasteiger partial charge >= 0.3 is 12.0 Å². The molecule has 0 unspecified atom stereocenters. The molecule has 0 heterocycles. The molecule has 0 aromatic rings. The number of amides is 2. The van der Waals surface area contributed by atoms with Crippen molar-refractivity contribution >= 4 is 23.8 Å². The van der Waals surface area contributed by atoms with E-state index in [9.17, 15) is 9.59 Å². The second kappa shape index (κ2) is 7.39. The summed E-state index contributed by atoms with van der Waals surface area (Å²) in [4.78, 5) is 22.1. The molecule has 0 bridgehead atoms. The highest BCUT2D eigenvalue weighted by Gasteiger charge is 2.21. The minimum atomic E-state index is -1.15. The number of aliphatic hydroxyl groups is 1. The van der Waals surface area contributed by atoms with Gasteiger partial charge in [-0.15, -0.1) is 0 Å². The average molecular weight is 264 g/mol. The van der Waals surface area contributed by atoms with Crippen LogP contribution in [-0.4, -0.2) is 52.4 Å². The lowest BCUT2D eigenvalue weighted by molar-refractivity contribution is -0.139. The highest BCUT2D eigenvalue weighted by atomic mass is 32.2. The molecule has 7 heteroatoms. The lowest BCUT2D eigenvalue weighted by atomic mass is 10.2. The Morgan fingerprint density at radius 1 is 1.41 bits per heavy atom. The van der Waals surface area contributed by atoms with Crippen molar-refractivity contribution in [2.45, 2.75) is 31.1 Å². The standard InChI is InChI=1S/C10H20N2O4S/c1-10(2,17-3)6-11-9(16)12-7(4-5-13)8(14)15/h7,13H,4-6H2,1-3H3,(H,14,15)(H2,11,12,16)/t7-/m0/s1. The van der Waals surface area contributed by atoms with E-state index >= 15 is 0 Å². The number of hydrogen-bond acceptors (Lipinski definition) is 4. The summed E-state index contributed by atoms with van der Waals surface area (Å²) in [5.74, 6) is -1.15. The minimum Gasteiger partial charge on any atom is -0.480 e. The van der Waals surface area contributed by atoms with Gasteiger partial charge in [0.15, 0.2) is 0 Å². The Morgan fingerprint density at radius 3 is 2.41 bits per heavy atom. The van der Waals surface area contributed by atoms with Gasteiger partial charge in [0.05, 0.1) is 0 Å².